The third-order valence-electron chi connectivity index (χ3n) is 3.43. The van der Waals surface area contributed by atoms with Crippen molar-refractivity contribution in [2.75, 3.05) is 6.61 Å². The van der Waals surface area contributed by atoms with E-state index < -0.39 is 5.67 Å². The smallest absolute Gasteiger partial charge is 0.114 e. The number of hydrogen-bond donors (Lipinski definition) is 1. The molecule has 2 rings (SSSR count). The summed E-state index contributed by atoms with van der Waals surface area (Å²) >= 11 is 0. The molecule has 0 amide bonds. The minimum atomic E-state index is -0.933. The quantitative estimate of drug-likeness (QED) is 0.756. The summed E-state index contributed by atoms with van der Waals surface area (Å²) in [4.78, 5) is 0. The van der Waals surface area contributed by atoms with Crippen LogP contribution in [-0.2, 0) is 4.74 Å². The molecule has 1 saturated carbocycles. The molecule has 14 heavy (non-hydrogen) atoms. The Morgan fingerprint density at radius 1 is 1.43 bits per heavy atom. The highest BCUT2D eigenvalue weighted by atomic mass is 19.1. The summed E-state index contributed by atoms with van der Waals surface area (Å²) in [6, 6.07) is 0.114. The van der Waals surface area contributed by atoms with Crippen molar-refractivity contribution >= 4 is 0 Å². The fourth-order valence-corrected chi connectivity index (χ4v) is 2.60. The Balaban J connectivity index is 1.58. The van der Waals surface area contributed by atoms with Crippen LogP contribution in [0.1, 0.15) is 44.9 Å². The second-order valence-electron chi connectivity index (χ2n) is 4.85. The van der Waals surface area contributed by atoms with Gasteiger partial charge in [0.05, 0.1) is 6.10 Å². The second-order valence-corrected chi connectivity index (χ2v) is 4.85. The summed E-state index contributed by atoms with van der Waals surface area (Å²) in [5, 5.41) is 0. The Morgan fingerprint density at radius 3 is 2.79 bits per heavy atom. The maximum atomic E-state index is 13.7. The lowest BCUT2D eigenvalue weighted by Gasteiger charge is -2.39. The highest BCUT2D eigenvalue weighted by Crippen LogP contribution is 2.39. The Hall–Kier alpha value is -0.150. The third-order valence-corrected chi connectivity index (χ3v) is 3.43. The zero-order valence-corrected chi connectivity index (χ0v) is 8.68. The van der Waals surface area contributed by atoms with E-state index in [9.17, 15) is 4.39 Å². The molecule has 1 aliphatic heterocycles. The average molecular weight is 201 g/mol. The standard InChI is InChI=1S/C11H20FNO/c12-11(7-9(13)8-11)5-1-3-10-4-2-6-14-10/h9-10H,1-8,13H2. The van der Waals surface area contributed by atoms with Crippen LogP contribution in [0.3, 0.4) is 0 Å². The average Bonchev–Trinajstić information content (AvgIpc) is 2.54. The number of rotatable bonds is 4. The topological polar surface area (TPSA) is 35.2 Å². The van der Waals surface area contributed by atoms with Gasteiger partial charge in [0.2, 0.25) is 0 Å². The molecule has 1 unspecified atom stereocenters. The Morgan fingerprint density at radius 2 is 2.21 bits per heavy atom. The van der Waals surface area contributed by atoms with Gasteiger partial charge in [-0.05, 0) is 44.9 Å². The number of alkyl halides is 1. The largest absolute Gasteiger partial charge is 0.378 e. The number of nitrogens with two attached hydrogens (primary N) is 1. The second kappa shape index (κ2) is 4.15. The van der Waals surface area contributed by atoms with Gasteiger partial charge in [0.15, 0.2) is 0 Å². The summed E-state index contributed by atoms with van der Waals surface area (Å²) in [5.41, 5.74) is 4.65. The van der Waals surface area contributed by atoms with Crippen LogP contribution in [0.2, 0.25) is 0 Å². The summed E-state index contributed by atoms with van der Waals surface area (Å²) in [6.45, 7) is 0.899. The summed E-state index contributed by atoms with van der Waals surface area (Å²) in [7, 11) is 0. The van der Waals surface area contributed by atoms with Gasteiger partial charge in [-0.2, -0.15) is 0 Å². The van der Waals surface area contributed by atoms with E-state index in [2.05, 4.69) is 0 Å². The highest BCUT2D eigenvalue weighted by Gasteiger charge is 2.42. The molecule has 0 spiro atoms. The zero-order chi connectivity index (χ0) is 10.0. The number of halogens is 1. The molecule has 82 valence electrons. The molecule has 0 radical (unpaired) electrons. The van der Waals surface area contributed by atoms with Gasteiger partial charge in [-0.15, -0.1) is 0 Å². The lowest BCUT2D eigenvalue weighted by molar-refractivity contribution is 0.0264. The minimum Gasteiger partial charge on any atom is -0.378 e. The van der Waals surface area contributed by atoms with E-state index >= 15 is 0 Å². The Bertz CT molecular complexity index is 186. The molecule has 1 heterocycles. The van der Waals surface area contributed by atoms with Crippen LogP contribution in [0.15, 0.2) is 0 Å². The Labute approximate surface area is 85.0 Å². The molecule has 0 aromatic carbocycles. The molecule has 0 aromatic heterocycles. The molecule has 1 aliphatic carbocycles. The first-order chi connectivity index (χ1) is 6.68. The van der Waals surface area contributed by atoms with E-state index in [-0.39, 0.29) is 6.04 Å². The summed E-state index contributed by atoms with van der Waals surface area (Å²) in [6.07, 6.45) is 6.55. The minimum absolute atomic E-state index is 0.114. The Kier molecular flexibility index (Phi) is 3.07. The van der Waals surface area contributed by atoms with Gasteiger partial charge in [0.25, 0.3) is 0 Å². The third kappa shape index (κ3) is 2.45. The molecular weight excluding hydrogens is 181 g/mol. The van der Waals surface area contributed by atoms with Crippen LogP contribution < -0.4 is 5.73 Å². The number of ether oxygens (including phenoxy) is 1. The summed E-state index contributed by atoms with van der Waals surface area (Å²) < 4.78 is 19.2. The van der Waals surface area contributed by atoms with Gasteiger partial charge in [-0.25, -0.2) is 4.39 Å². The molecule has 2 aliphatic rings. The van der Waals surface area contributed by atoms with Crippen LogP contribution in [0.5, 0.6) is 0 Å². The molecule has 2 nitrogen and oxygen atoms in total. The fraction of sp³-hybridized carbons (Fsp3) is 1.00. The van der Waals surface area contributed by atoms with Gasteiger partial charge >= 0.3 is 0 Å². The van der Waals surface area contributed by atoms with Crippen LogP contribution in [0, 0.1) is 0 Å². The molecule has 1 atom stereocenters. The summed E-state index contributed by atoms with van der Waals surface area (Å²) in [5.74, 6) is 0. The maximum absolute atomic E-state index is 13.7. The van der Waals surface area contributed by atoms with Crippen LogP contribution in [-0.4, -0.2) is 24.4 Å². The van der Waals surface area contributed by atoms with Gasteiger partial charge < -0.3 is 10.5 Å². The van der Waals surface area contributed by atoms with E-state index in [4.69, 9.17) is 10.5 Å². The lowest BCUT2D eigenvalue weighted by atomic mass is 9.74. The van der Waals surface area contributed by atoms with E-state index in [1.807, 2.05) is 0 Å². The molecule has 0 aromatic rings. The van der Waals surface area contributed by atoms with Crippen molar-refractivity contribution in [3.8, 4) is 0 Å². The molecule has 0 bridgehead atoms. The number of hydrogen-bond acceptors (Lipinski definition) is 2. The van der Waals surface area contributed by atoms with Crippen molar-refractivity contribution < 1.29 is 9.13 Å². The van der Waals surface area contributed by atoms with Crippen molar-refractivity contribution in [2.24, 2.45) is 5.73 Å². The normalized spacial score (nSPS) is 42.4. The predicted octanol–water partition coefficient (Wildman–Crippen LogP) is 2.17. The zero-order valence-electron chi connectivity index (χ0n) is 8.68. The maximum Gasteiger partial charge on any atom is 0.114 e. The van der Waals surface area contributed by atoms with Gasteiger partial charge in [0.1, 0.15) is 5.67 Å². The predicted molar refractivity (Wildman–Crippen MR) is 53.9 cm³/mol. The molecule has 2 fully saturated rings. The van der Waals surface area contributed by atoms with Crippen molar-refractivity contribution in [2.45, 2.75) is 62.8 Å². The van der Waals surface area contributed by atoms with E-state index in [1.54, 1.807) is 0 Å². The van der Waals surface area contributed by atoms with Crippen molar-refractivity contribution in [3.63, 3.8) is 0 Å². The first kappa shape index (κ1) is 10.4. The molecule has 2 N–H and O–H groups in total. The van der Waals surface area contributed by atoms with E-state index in [0.29, 0.717) is 25.4 Å². The molecule has 1 saturated heterocycles. The monoisotopic (exact) mass is 201 g/mol. The fourth-order valence-electron chi connectivity index (χ4n) is 2.60. The van der Waals surface area contributed by atoms with Crippen molar-refractivity contribution in [1.29, 1.82) is 0 Å². The van der Waals surface area contributed by atoms with Gasteiger partial charge in [-0.3, -0.25) is 0 Å². The first-order valence-corrected chi connectivity index (χ1v) is 5.74. The van der Waals surface area contributed by atoms with Crippen LogP contribution >= 0.6 is 0 Å². The van der Waals surface area contributed by atoms with Gasteiger partial charge in [-0.1, -0.05) is 0 Å². The van der Waals surface area contributed by atoms with Crippen LogP contribution in [0.25, 0.3) is 0 Å². The first-order valence-electron chi connectivity index (χ1n) is 5.74. The van der Waals surface area contributed by atoms with E-state index in [1.165, 1.54) is 12.8 Å². The molecule has 3 heteroatoms. The lowest BCUT2D eigenvalue weighted by Crippen LogP contribution is -2.48. The van der Waals surface area contributed by atoms with Crippen molar-refractivity contribution in [3.05, 3.63) is 0 Å². The van der Waals surface area contributed by atoms with Crippen molar-refractivity contribution in [1.82, 2.24) is 0 Å². The highest BCUT2D eigenvalue weighted by molar-refractivity contribution is 4.96. The SMILES string of the molecule is NC1CC(F)(CCCC2CCCO2)C1. The van der Waals surface area contributed by atoms with Crippen LogP contribution in [0.4, 0.5) is 4.39 Å². The van der Waals surface area contributed by atoms with E-state index in [0.717, 1.165) is 19.4 Å². The molecular formula is C11H20FNO. The van der Waals surface area contributed by atoms with Gasteiger partial charge in [0, 0.05) is 12.6 Å².